The lowest BCUT2D eigenvalue weighted by Crippen LogP contribution is -2.42. The zero-order valence-electron chi connectivity index (χ0n) is 16.3. The molecule has 1 aliphatic rings. The quantitative estimate of drug-likeness (QED) is 0.292. The highest BCUT2D eigenvalue weighted by Crippen LogP contribution is 2.31. The van der Waals surface area contributed by atoms with E-state index in [-0.39, 0.29) is 17.0 Å². The zero-order chi connectivity index (χ0) is 22.6. The van der Waals surface area contributed by atoms with Crippen LogP contribution >= 0.6 is 11.8 Å². The number of amides is 4. The van der Waals surface area contributed by atoms with Gasteiger partial charge in [0.05, 0.1) is 22.4 Å². The van der Waals surface area contributed by atoms with E-state index in [4.69, 9.17) is 5.26 Å². The van der Waals surface area contributed by atoms with E-state index in [0.29, 0.717) is 10.6 Å². The highest BCUT2D eigenvalue weighted by molar-refractivity contribution is 7.99. The fourth-order valence-electron chi connectivity index (χ4n) is 3.11. The standard InChI is InChI=1S/C20H17N5O5S/c1-20(13-5-4-6-14(11-13)25(29)30)18(27)24(19(28)23-20)12-17(26)22-15-7-2-3-8-16(15)31-10-9-21/h2-8,11H,10,12H2,1H3,(H,22,26)(H,23,28). The first-order valence-electron chi connectivity index (χ1n) is 9.04. The third-order valence-corrected chi connectivity index (χ3v) is 5.60. The van der Waals surface area contributed by atoms with Crippen molar-refractivity contribution in [3.8, 4) is 6.07 Å². The summed E-state index contributed by atoms with van der Waals surface area (Å²) in [5, 5.41) is 25.0. The first kappa shape index (κ1) is 21.8. The molecule has 11 heteroatoms. The summed E-state index contributed by atoms with van der Waals surface area (Å²) in [5.41, 5.74) is -1.06. The molecule has 0 bridgehead atoms. The summed E-state index contributed by atoms with van der Waals surface area (Å²) in [6, 6.07) is 13.5. The average molecular weight is 439 g/mol. The predicted octanol–water partition coefficient (Wildman–Crippen LogP) is 2.62. The van der Waals surface area contributed by atoms with Crippen molar-refractivity contribution in [3.63, 3.8) is 0 Å². The summed E-state index contributed by atoms with van der Waals surface area (Å²) in [4.78, 5) is 49.8. The van der Waals surface area contributed by atoms with Gasteiger partial charge in [-0.2, -0.15) is 5.26 Å². The Morgan fingerprint density at radius 3 is 2.74 bits per heavy atom. The first-order valence-corrected chi connectivity index (χ1v) is 10.0. The molecule has 1 aliphatic heterocycles. The number of nitrogens with one attached hydrogen (secondary N) is 2. The third-order valence-electron chi connectivity index (χ3n) is 4.66. The third kappa shape index (κ3) is 4.49. The summed E-state index contributed by atoms with van der Waals surface area (Å²) in [7, 11) is 0. The number of thioether (sulfide) groups is 1. The molecule has 1 atom stereocenters. The number of carbonyl (C=O) groups is 3. The number of benzene rings is 2. The second-order valence-corrected chi connectivity index (χ2v) is 7.76. The molecule has 158 valence electrons. The Kier molecular flexibility index (Phi) is 6.22. The summed E-state index contributed by atoms with van der Waals surface area (Å²) in [6.07, 6.45) is 0. The number of para-hydroxylation sites is 1. The Labute approximate surface area is 181 Å². The molecule has 4 amide bonds. The van der Waals surface area contributed by atoms with E-state index < -0.39 is 34.9 Å². The monoisotopic (exact) mass is 439 g/mol. The second kappa shape index (κ2) is 8.85. The number of carbonyl (C=O) groups excluding carboxylic acids is 3. The zero-order valence-corrected chi connectivity index (χ0v) is 17.1. The smallest absolute Gasteiger partial charge is 0.324 e. The van der Waals surface area contributed by atoms with Crippen LogP contribution < -0.4 is 10.6 Å². The number of nitrogens with zero attached hydrogens (tertiary/aromatic N) is 3. The van der Waals surface area contributed by atoms with Gasteiger partial charge in [-0.3, -0.25) is 24.6 Å². The predicted molar refractivity (Wildman–Crippen MR) is 112 cm³/mol. The molecule has 1 unspecified atom stereocenters. The summed E-state index contributed by atoms with van der Waals surface area (Å²) in [6.45, 7) is 0.893. The number of nitro benzene ring substituents is 1. The number of rotatable bonds is 7. The Hall–Kier alpha value is -3.91. The van der Waals surface area contributed by atoms with Crippen LogP contribution in [0.2, 0.25) is 0 Å². The van der Waals surface area contributed by atoms with Crippen LogP contribution in [-0.2, 0) is 15.1 Å². The minimum atomic E-state index is -1.54. The molecule has 2 aromatic rings. The maximum absolute atomic E-state index is 13.0. The van der Waals surface area contributed by atoms with Gasteiger partial charge >= 0.3 is 6.03 Å². The molecular weight excluding hydrogens is 422 g/mol. The topological polar surface area (TPSA) is 145 Å². The maximum Gasteiger partial charge on any atom is 0.325 e. The van der Waals surface area contributed by atoms with Crippen molar-refractivity contribution < 1.29 is 19.3 Å². The largest absolute Gasteiger partial charge is 0.325 e. The van der Waals surface area contributed by atoms with Gasteiger partial charge in [-0.05, 0) is 24.6 Å². The highest BCUT2D eigenvalue weighted by atomic mass is 32.2. The molecule has 1 fully saturated rings. The number of anilines is 1. The van der Waals surface area contributed by atoms with E-state index in [1.807, 2.05) is 6.07 Å². The Morgan fingerprint density at radius 1 is 1.29 bits per heavy atom. The minimum Gasteiger partial charge on any atom is -0.324 e. The number of non-ortho nitro benzene ring substituents is 1. The van der Waals surface area contributed by atoms with E-state index in [0.717, 1.165) is 4.90 Å². The molecule has 2 N–H and O–H groups in total. The summed E-state index contributed by atoms with van der Waals surface area (Å²) >= 11 is 1.24. The average Bonchev–Trinajstić information content (AvgIpc) is 2.97. The molecule has 0 aromatic heterocycles. The van der Waals surface area contributed by atoms with Crippen molar-refractivity contribution in [2.75, 3.05) is 17.6 Å². The Balaban J connectivity index is 1.76. The van der Waals surface area contributed by atoms with Gasteiger partial charge in [0, 0.05) is 17.0 Å². The van der Waals surface area contributed by atoms with E-state index in [2.05, 4.69) is 10.6 Å². The van der Waals surface area contributed by atoms with Gasteiger partial charge in [0.15, 0.2) is 0 Å². The number of hydrogen-bond acceptors (Lipinski definition) is 7. The lowest BCUT2D eigenvalue weighted by molar-refractivity contribution is -0.385. The first-order chi connectivity index (χ1) is 14.8. The van der Waals surface area contributed by atoms with E-state index >= 15 is 0 Å². The van der Waals surface area contributed by atoms with Crippen molar-refractivity contribution in [1.29, 1.82) is 5.26 Å². The molecule has 10 nitrogen and oxygen atoms in total. The van der Waals surface area contributed by atoms with Gasteiger partial charge in [0.25, 0.3) is 11.6 Å². The van der Waals surface area contributed by atoms with Gasteiger partial charge in [-0.15, -0.1) is 11.8 Å². The van der Waals surface area contributed by atoms with Crippen LogP contribution in [0.15, 0.2) is 53.4 Å². The number of hydrogen-bond donors (Lipinski definition) is 2. The fraction of sp³-hybridized carbons (Fsp3) is 0.200. The van der Waals surface area contributed by atoms with E-state index in [1.54, 1.807) is 24.3 Å². The molecule has 0 spiro atoms. The SMILES string of the molecule is CC1(c2cccc([N+](=O)[O-])c2)NC(=O)N(CC(=O)Nc2ccccc2SCC#N)C1=O. The minimum absolute atomic E-state index is 0.196. The van der Waals surface area contributed by atoms with Gasteiger partial charge in [0.1, 0.15) is 12.1 Å². The van der Waals surface area contributed by atoms with Crippen LogP contribution in [0.4, 0.5) is 16.2 Å². The van der Waals surface area contributed by atoms with Crippen molar-refractivity contribution in [2.24, 2.45) is 0 Å². The van der Waals surface area contributed by atoms with Crippen LogP contribution in [0, 0.1) is 21.4 Å². The molecule has 0 radical (unpaired) electrons. The van der Waals surface area contributed by atoms with E-state index in [9.17, 15) is 24.5 Å². The van der Waals surface area contributed by atoms with Crippen LogP contribution in [0.25, 0.3) is 0 Å². The van der Waals surface area contributed by atoms with Crippen LogP contribution in [0.1, 0.15) is 12.5 Å². The number of nitro groups is 1. The van der Waals surface area contributed by atoms with Gasteiger partial charge in [0.2, 0.25) is 5.91 Å². The number of urea groups is 1. The molecule has 2 aromatic carbocycles. The summed E-state index contributed by atoms with van der Waals surface area (Å²) < 4.78 is 0. The second-order valence-electron chi connectivity index (χ2n) is 6.75. The van der Waals surface area contributed by atoms with E-state index in [1.165, 1.54) is 43.0 Å². The number of nitriles is 1. The lowest BCUT2D eigenvalue weighted by atomic mass is 9.91. The van der Waals surface area contributed by atoms with Gasteiger partial charge < -0.3 is 10.6 Å². The normalized spacial score (nSPS) is 17.7. The van der Waals surface area contributed by atoms with Gasteiger partial charge in [-0.25, -0.2) is 4.79 Å². The highest BCUT2D eigenvalue weighted by Gasteiger charge is 2.49. The molecular formula is C20H17N5O5S. The lowest BCUT2D eigenvalue weighted by Gasteiger charge is -2.22. The molecule has 1 saturated heterocycles. The van der Waals surface area contributed by atoms with Crippen molar-refractivity contribution >= 4 is 41.0 Å². The number of imide groups is 1. The Morgan fingerprint density at radius 2 is 2.03 bits per heavy atom. The molecule has 0 aliphatic carbocycles. The molecule has 31 heavy (non-hydrogen) atoms. The van der Waals surface area contributed by atoms with Crippen molar-refractivity contribution in [3.05, 3.63) is 64.2 Å². The Bertz CT molecular complexity index is 1120. The van der Waals surface area contributed by atoms with Crippen LogP contribution in [0.3, 0.4) is 0 Å². The maximum atomic E-state index is 13.0. The summed E-state index contributed by atoms with van der Waals surface area (Å²) in [5.74, 6) is -1.10. The van der Waals surface area contributed by atoms with Gasteiger partial charge in [-0.1, -0.05) is 24.3 Å². The molecule has 3 rings (SSSR count). The molecule has 0 saturated carbocycles. The van der Waals surface area contributed by atoms with Crippen molar-refractivity contribution in [2.45, 2.75) is 17.4 Å². The molecule has 1 heterocycles. The van der Waals surface area contributed by atoms with Crippen molar-refractivity contribution in [1.82, 2.24) is 10.2 Å². The van der Waals surface area contributed by atoms with Crippen LogP contribution in [0.5, 0.6) is 0 Å². The fourth-order valence-corrected chi connectivity index (χ4v) is 3.78. The van der Waals surface area contributed by atoms with Crippen LogP contribution in [-0.4, -0.2) is 40.0 Å².